The van der Waals surface area contributed by atoms with Crippen molar-refractivity contribution in [1.29, 1.82) is 0 Å². The molecule has 1 atom stereocenters. The molecule has 14 heavy (non-hydrogen) atoms. The first-order valence-corrected chi connectivity index (χ1v) is 4.95. The van der Waals surface area contributed by atoms with Crippen LogP contribution in [-0.4, -0.2) is 23.8 Å². The fourth-order valence-corrected chi connectivity index (χ4v) is 2.25. The van der Waals surface area contributed by atoms with Gasteiger partial charge in [-0.15, -0.1) is 0 Å². The van der Waals surface area contributed by atoms with E-state index in [1.165, 1.54) is 0 Å². The number of hydrogen-bond donors (Lipinski definition) is 1. The molecule has 0 aromatic heterocycles. The lowest BCUT2D eigenvalue weighted by molar-refractivity contribution is -0.148. The lowest BCUT2D eigenvalue weighted by Gasteiger charge is -2.28. The maximum absolute atomic E-state index is 11.2. The fraction of sp³-hybridized carbons (Fsp3) is 0.909. The second-order valence-corrected chi connectivity index (χ2v) is 5.59. The van der Waals surface area contributed by atoms with Crippen LogP contribution in [0.25, 0.3) is 0 Å². The highest BCUT2D eigenvalue weighted by molar-refractivity contribution is 5.80. The van der Waals surface area contributed by atoms with Gasteiger partial charge in [0.15, 0.2) is 0 Å². The largest absolute Gasteiger partial charge is 0.481 e. The fourth-order valence-electron chi connectivity index (χ4n) is 2.25. The van der Waals surface area contributed by atoms with Crippen molar-refractivity contribution in [2.45, 2.75) is 46.1 Å². The average Bonchev–Trinajstić information content (AvgIpc) is 2.54. The molecule has 0 aliphatic heterocycles. The molecule has 0 bridgehead atoms. The van der Waals surface area contributed by atoms with Crippen molar-refractivity contribution in [3.63, 3.8) is 0 Å². The molecule has 3 nitrogen and oxygen atoms in total. The van der Waals surface area contributed by atoms with Crippen LogP contribution >= 0.6 is 0 Å². The minimum atomic E-state index is -0.687. The second kappa shape index (κ2) is 2.96. The number of rotatable bonds is 4. The summed E-state index contributed by atoms with van der Waals surface area (Å²) in [6, 6.07) is 0. The number of carbonyl (C=O) groups is 1. The Balaban J connectivity index is 2.80. The molecule has 3 heteroatoms. The van der Waals surface area contributed by atoms with E-state index in [2.05, 4.69) is 0 Å². The van der Waals surface area contributed by atoms with E-state index in [4.69, 9.17) is 4.74 Å². The van der Waals surface area contributed by atoms with Gasteiger partial charge in [-0.1, -0.05) is 13.8 Å². The smallest absolute Gasteiger partial charge is 0.310 e. The van der Waals surface area contributed by atoms with Crippen molar-refractivity contribution in [1.82, 2.24) is 0 Å². The highest BCUT2D eigenvalue weighted by Crippen LogP contribution is 2.67. The monoisotopic (exact) mass is 200 g/mol. The predicted molar refractivity (Wildman–Crippen MR) is 54.2 cm³/mol. The van der Waals surface area contributed by atoms with E-state index >= 15 is 0 Å². The second-order valence-electron chi connectivity index (χ2n) is 5.59. The summed E-state index contributed by atoms with van der Waals surface area (Å²) in [5.41, 5.74) is -1.02. The Morgan fingerprint density at radius 3 is 2.14 bits per heavy atom. The molecule has 82 valence electrons. The first-order chi connectivity index (χ1) is 6.17. The zero-order valence-corrected chi connectivity index (χ0v) is 9.68. The van der Waals surface area contributed by atoms with Crippen molar-refractivity contribution in [3.8, 4) is 0 Å². The van der Waals surface area contributed by atoms with E-state index in [-0.39, 0.29) is 11.0 Å². The average molecular weight is 200 g/mol. The summed E-state index contributed by atoms with van der Waals surface area (Å²) >= 11 is 0. The van der Waals surface area contributed by atoms with E-state index in [0.29, 0.717) is 6.42 Å². The van der Waals surface area contributed by atoms with Crippen LogP contribution in [-0.2, 0) is 9.53 Å². The molecule has 0 amide bonds. The number of aliphatic carboxylic acids is 1. The molecule has 1 rings (SSSR count). The summed E-state index contributed by atoms with van der Waals surface area (Å²) in [7, 11) is 1.63. The van der Waals surface area contributed by atoms with Crippen LogP contribution in [0, 0.1) is 10.8 Å². The number of hydrogen-bond acceptors (Lipinski definition) is 2. The number of ether oxygens (including phenoxy) is 1. The lowest BCUT2D eigenvalue weighted by Crippen LogP contribution is -2.33. The number of carboxylic acid groups (broad SMARTS) is 1. The first-order valence-electron chi connectivity index (χ1n) is 4.95. The zero-order valence-electron chi connectivity index (χ0n) is 9.68. The molecule has 1 saturated carbocycles. The Bertz CT molecular complexity index is 255. The summed E-state index contributed by atoms with van der Waals surface area (Å²) in [6.07, 6.45) is 1.33. The van der Waals surface area contributed by atoms with Crippen LogP contribution in [0.4, 0.5) is 0 Å². The third-order valence-electron chi connectivity index (χ3n) is 3.60. The predicted octanol–water partition coefficient (Wildman–Crippen LogP) is 2.30. The molecular formula is C11H20O3. The van der Waals surface area contributed by atoms with Crippen LogP contribution in [0.5, 0.6) is 0 Å². The first kappa shape index (κ1) is 11.5. The van der Waals surface area contributed by atoms with Crippen molar-refractivity contribution in [2.24, 2.45) is 10.8 Å². The minimum absolute atomic E-state index is 0.0887. The molecule has 0 saturated heterocycles. The van der Waals surface area contributed by atoms with Gasteiger partial charge in [0.05, 0.1) is 11.0 Å². The molecule has 1 N–H and O–H groups in total. The van der Waals surface area contributed by atoms with Gasteiger partial charge >= 0.3 is 5.97 Å². The van der Waals surface area contributed by atoms with Crippen molar-refractivity contribution in [2.75, 3.05) is 7.11 Å². The van der Waals surface area contributed by atoms with Crippen molar-refractivity contribution in [3.05, 3.63) is 0 Å². The molecule has 0 aromatic rings. The maximum atomic E-state index is 11.2. The van der Waals surface area contributed by atoms with Gasteiger partial charge in [0.2, 0.25) is 0 Å². The molecular weight excluding hydrogens is 180 g/mol. The Morgan fingerprint density at radius 1 is 1.50 bits per heavy atom. The Labute approximate surface area is 85.5 Å². The van der Waals surface area contributed by atoms with E-state index < -0.39 is 11.4 Å². The molecule has 1 fully saturated rings. The SMILES string of the molecule is COC(C)(C)CC1(C(=O)O)CC1(C)C. The highest BCUT2D eigenvalue weighted by Gasteiger charge is 2.67. The summed E-state index contributed by atoms with van der Waals surface area (Å²) in [4.78, 5) is 11.2. The molecule has 1 unspecified atom stereocenters. The highest BCUT2D eigenvalue weighted by atomic mass is 16.5. The molecule has 1 aliphatic carbocycles. The summed E-state index contributed by atoms with van der Waals surface area (Å²) < 4.78 is 5.29. The Morgan fingerprint density at radius 2 is 1.93 bits per heavy atom. The Hall–Kier alpha value is -0.570. The van der Waals surface area contributed by atoms with Gasteiger partial charge in [0.1, 0.15) is 0 Å². The zero-order chi connectivity index (χ0) is 11.2. The van der Waals surface area contributed by atoms with Crippen LogP contribution in [0.15, 0.2) is 0 Å². The van der Waals surface area contributed by atoms with E-state index in [1.807, 2.05) is 27.7 Å². The van der Waals surface area contributed by atoms with Gasteiger partial charge in [0.25, 0.3) is 0 Å². The third kappa shape index (κ3) is 1.65. The summed E-state index contributed by atoms with van der Waals surface area (Å²) in [5, 5.41) is 9.24. The van der Waals surface area contributed by atoms with Crippen LogP contribution in [0.3, 0.4) is 0 Å². The molecule has 0 aromatic carbocycles. The van der Waals surface area contributed by atoms with Gasteiger partial charge in [-0.2, -0.15) is 0 Å². The maximum Gasteiger partial charge on any atom is 0.310 e. The van der Waals surface area contributed by atoms with Gasteiger partial charge in [0, 0.05) is 7.11 Å². The minimum Gasteiger partial charge on any atom is -0.481 e. The van der Waals surface area contributed by atoms with Gasteiger partial charge in [-0.05, 0) is 32.1 Å². The lowest BCUT2D eigenvalue weighted by atomic mass is 9.85. The van der Waals surface area contributed by atoms with E-state index in [0.717, 1.165) is 6.42 Å². The van der Waals surface area contributed by atoms with Crippen LogP contribution in [0.2, 0.25) is 0 Å². The standard InChI is InChI=1S/C11H20O3/c1-9(2)6-11(9,8(12)13)7-10(3,4)14-5/h6-7H2,1-5H3,(H,12,13). The normalized spacial score (nSPS) is 30.1. The van der Waals surface area contributed by atoms with Gasteiger partial charge in [-0.25, -0.2) is 0 Å². The van der Waals surface area contributed by atoms with Crippen molar-refractivity contribution >= 4 is 5.97 Å². The van der Waals surface area contributed by atoms with E-state index in [9.17, 15) is 9.90 Å². The molecule has 1 aliphatic rings. The molecule has 0 heterocycles. The van der Waals surface area contributed by atoms with Crippen LogP contribution < -0.4 is 0 Å². The van der Waals surface area contributed by atoms with Gasteiger partial charge in [-0.3, -0.25) is 4.79 Å². The van der Waals surface area contributed by atoms with E-state index in [1.54, 1.807) is 7.11 Å². The molecule has 0 spiro atoms. The third-order valence-corrected chi connectivity index (χ3v) is 3.60. The summed E-state index contributed by atoms with van der Waals surface area (Å²) in [5.74, 6) is -0.687. The van der Waals surface area contributed by atoms with Crippen molar-refractivity contribution < 1.29 is 14.6 Å². The number of methoxy groups -OCH3 is 1. The molecule has 0 radical (unpaired) electrons. The van der Waals surface area contributed by atoms with Crippen LogP contribution in [0.1, 0.15) is 40.5 Å². The topological polar surface area (TPSA) is 46.5 Å². The summed E-state index contributed by atoms with van der Waals surface area (Å²) in [6.45, 7) is 7.89. The quantitative estimate of drug-likeness (QED) is 0.757. The Kier molecular flexibility index (Phi) is 2.43. The van der Waals surface area contributed by atoms with Gasteiger partial charge < -0.3 is 9.84 Å². The number of carboxylic acids is 1.